The molecule has 9 nitrogen and oxygen atoms in total. The van der Waals surface area contributed by atoms with Crippen LogP contribution < -0.4 is 19.1 Å². The summed E-state index contributed by atoms with van der Waals surface area (Å²) >= 11 is 0. The Morgan fingerprint density at radius 1 is 0.976 bits per heavy atom. The van der Waals surface area contributed by atoms with Gasteiger partial charge in [-0.15, -0.1) is 0 Å². The molecule has 1 aliphatic heterocycles. The van der Waals surface area contributed by atoms with Crippen molar-refractivity contribution in [3.05, 3.63) is 89.7 Å². The third kappa shape index (κ3) is 7.02. The Hall–Kier alpha value is -4.12. The molecular formula is C31H34FN3O6S. The highest BCUT2D eigenvalue weighted by Gasteiger charge is 2.35. The molecule has 0 saturated heterocycles. The lowest BCUT2D eigenvalue weighted by Gasteiger charge is -2.34. The SMILES string of the molecule is CS(=O)(=O)N(CC(=O)N(Cc1ccccc1F)C(Cc1ccccc1)C(=O)NC1CCCC1)c1ccc2c(c1)OCO2. The van der Waals surface area contributed by atoms with Gasteiger partial charge in [0.15, 0.2) is 11.5 Å². The van der Waals surface area contributed by atoms with Gasteiger partial charge in [-0.25, -0.2) is 12.8 Å². The van der Waals surface area contributed by atoms with E-state index in [2.05, 4.69) is 5.32 Å². The first-order valence-electron chi connectivity index (χ1n) is 13.9. The topological polar surface area (TPSA) is 105 Å². The molecule has 0 spiro atoms. The molecule has 1 aliphatic carbocycles. The highest BCUT2D eigenvalue weighted by atomic mass is 32.2. The number of sulfonamides is 1. The lowest BCUT2D eigenvalue weighted by Crippen LogP contribution is -2.54. The summed E-state index contributed by atoms with van der Waals surface area (Å²) in [5.41, 5.74) is 1.23. The standard InChI is InChI=1S/C31H34FN3O6S/c1-42(38,39)35(25-15-16-28-29(18-25)41-21-40-28)20-30(36)34(19-23-11-5-8-14-26(23)32)27(17-22-9-3-2-4-10-22)31(37)33-24-12-6-7-13-24/h2-5,8-11,14-16,18,24,27H,6-7,12-13,17,19-21H2,1H3,(H,33,37). The van der Waals surface area contributed by atoms with Gasteiger partial charge in [-0.3, -0.25) is 13.9 Å². The van der Waals surface area contributed by atoms with E-state index >= 15 is 0 Å². The van der Waals surface area contributed by atoms with E-state index in [-0.39, 0.29) is 43.0 Å². The molecule has 3 aromatic carbocycles. The molecule has 0 bridgehead atoms. The Labute approximate surface area is 245 Å². The van der Waals surface area contributed by atoms with Gasteiger partial charge in [0.05, 0.1) is 11.9 Å². The van der Waals surface area contributed by atoms with Crippen LogP contribution in [-0.2, 0) is 32.6 Å². The zero-order valence-corrected chi connectivity index (χ0v) is 24.2. The van der Waals surface area contributed by atoms with E-state index in [4.69, 9.17) is 9.47 Å². The minimum atomic E-state index is -3.95. The maximum atomic E-state index is 14.9. The van der Waals surface area contributed by atoms with Crippen molar-refractivity contribution in [2.45, 2.75) is 50.7 Å². The molecule has 3 aromatic rings. The highest BCUT2D eigenvalue weighted by molar-refractivity contribution is 7.92. The fourth-order valence-electron chi connectivity index (χ4n) is 5.39. The van der Waals surface area contributed by atoms with Gasteiger partial charge in [-0.2, -0.15) is 0 Å². The number of hydrogen-bond acceptors (Lipinski definition) is 6. The number of amides is 2. The number of ether oxygens (including phenoxy) is 2. The summed E-state index contributed by atoms with van der Waals surface area (Å²) in [6, 6.07) is 18.9. The number of benzene rings is 3. The first-order chi connectivity index (χ1) is 20.2. The molecule has 222 valence electrons. The molecule has 1 N–H and O–H groups in total. The molecule has 5 rings (SSSR count). The van der Waals surface area contributed by atoms with Crippen molar-refractivity contribution in [1.82, 2.24) is 10.2 Å². The van der Waals surface area contributed by atoms with E-state index in [1.807, 2.05) is 30.3 Å². The summed E-state index contributed by atoms with van der Waals surface area (Å²) in [5.74, 6) is -0.713. The molecular weight excluding hydrogens is 561 g/mol. The molecule has 1 heterocycles. The largest absolute Gasteiger partial charge is 0.454 e. The van der Waals surface area contributed by atoms with Crippen LogP contribution in [0.15, 0.2) is 72.8 Å². The predicted octanol–water partition coefficient (Wildman–Crippen LogP) is 4.02. The first kappa shape index (κ1) is 29.4. The summed E-state index contributed by atoms with van der Waals surface area (Å²) < 4.78 is 52.6. The maximum Gasteiger partial charge on any atom is 0.244 e. The lowest BCUT2D eigenvalue weighted by molar-refractivity contribution is -0.140. The van der Waals surface area contributed by atoms with Crippen molar-refractivity contribution in [2.24, 2.45) is 0 Å². The molecule has 42 heavy (non-hydrogen) atoms. The molecule has 11 heteroatoms. The highest BCUT2D eigenvalue weighted by Crippen LogP contribution is 2.36. The van der Waals surface area contributed by atoms with Gasteiger partial charge < -0.3 is 19.7 Å². The number of anilines is 1. The Kier molecular flexibility index (Phi) is 8.96. The second-order valence-corrected chi connectivity index (χ2v) is 12.5. The number of halogens is 1. The van der Waals surface area contributed by atoms with E-state index in [0.29, 0.717) is 11.5 Å². The molecule has 0 radical (unpaired) electrons. The second kappa shape index (κ2) is 12.8. The van der Waals surface area contributed by atoms with Crippen LogP contribution in [0.3, 0.4) is 0 Å². The van der Waals surface area contributed by atoms with Gasteiger partial charge in [0, 0.05) is 30.6 Å². The molecule has 2 amide bonds. The minimum absolute atomic E-state index is 0.00425. The second-order valence-electron chi connectivity index (χ2n) is 10.6. The van der Waals surface area contributed by atoms with Crippen LogP contribution in [0.25, 0.3) is 0 Å². The van der Waals surface area contributed by atoms with Crippen molar-refractivity contribution in [3.63, 3.8) is 0 Å². The predicted molar refractivity (Wildman–Crippen MR) is 156 cm³/mol. The quantitative estimate of drug-likeness (QED) is 0.359. The number of carbonyl (C=O) groups is 2. The normalized spacial score (nSPS) is 15.3. The van der Waals surface area contributed by atoms with E-state index in [0.717, 1.165) is 41.8 Å². The number of nitrogens with one attached hydrogen (secondary N) is 1. The van der Waals surface area contributed by atoms with Crippen LogP contribution in [0.2, 0.25) is 0 Å². The van der Waals surface area contributed by atoms with Crippen molar-refractivity contribution in [2.75, 3.05) is 23.9 Å². The average Bonchev–Trinajstić information content (AvgIpc) is 3.66. The summed E-state index contributed by atoms with van der Waals surface area (Å²) in [4.78, 5) is 29.3. The first-order valence-corrected chi connectivity index (χ1v) is 15.8. The van der Waals surface area contributed by atoms with Gasteiger partial charge >= 0.3 is 0 Å². The van der Waals surface area contributed by atoms with Crippen LogP contribution >= 0.6 is 0 Å². The molecule has 1 unspecified atom stereocenters. The van der Waals surface area contributed by atoms with Gasteiger partial charge in [0.1, 0.15) is 18.4 Å². The molecule has 2 aliphatic rings. The monoisotopic (exact) mass is 595 g/mol. The maximum absolute atomic E-state index is 14.9. The van der Waals surface area contributed by atoms with Gasteiger partial charge in [-0.1, -0.05) is 61.4 Å². The molecule has 1 saturated carbocycles. The van der Waals surface area contributed by atoms with E-state index in [1.165, 1.54) is 23.1 Å². The van der Waals surface area contributed by atoms with Gasteiger partial charge in [0.2, 0.25) is 28.6 Å². The zero-order valence-electron chi connectivity index (χ0n) is 23.4. The molecule has 1 fully saturated rings. The number of rotatable bonds is 11. The summed E-state index contributed by atoms with van der Waals surface area (Å²) in [6.45, 7) is -0.820. The van der Waals surface area contributed by atoms with Crippen LogP contribution in [-0.4, -0.2) is 56.8 Å². The van der Waals surface area contributed by atoms with Crippen LogP contribution in [0, 0.1) is 5.82 Å². The van der Waals surface area contributed by atoms with E-state index < -0.39 is 34.3 Å². The van der Waals surface area contributed by atoms with Gasteiger partial charge in [0.25, 0.3) is 0 Å². The summed E-state index contributed by atoms with van der Waals surface area (Å²) in [5, 5.41) is 3.09. The Bertz CT molecular complexity index is 1530. The number of carbonyl (C=O) groups excluding carboxylic acids is 2. The van der Waals surface area contributed by atoms with Crippen molar-refractivity contribution >= 4 is 27.5 Å². The lowest BCUT2D eigenvalue weighted by atomic mass is 10.0. The van der Waals surface area contributed by atoms with Crippen LogP contribution in [0.1, 0.15) is 36.8 Å². The fourth-order valence-corrected chi connectivity index (χ4v) is 6.23. The van der Waals surface area contributed by atoms with Crippen LogP contribution in [0.4, 0.5) is 10.1 Å². The summed E-state index contributed by atoms with van der Waals surface area (Å²) in [7, 11) is -3.95. The van der Waals surface area contributed by atoms with Gasteiger partial charge in [-0.05, 0) is 36.6 Å². The fraction of sp³-hybridized carbons (Fsp3) is 0.355. The Morgan fingerprint density at radius 2 is 1.67 bits per heavy atom. The third-order valence-electron chi connectivity index (χ3n) is 7.59. The Morgan fingerprint density at radius 3 is 2.38 bits per heavy atom. The van der Waals surface area contributed by atoms with Crippen LogP contribution in [0.5, 0.6) is 11.5 Å². The zero-order chi connectivity index (χ0) is 29.7. The minimum Gasteiger partial charge on any atom is -0.454 e. The molecule has 1 atom stereocenters. The van der Waals surface area contributed by atoms with E-state index in [9.17, 15) is 22.4 Å². The van der Waals surface area contributed by atoms with Crippen molar-refractivity contribution in [1.29, 1.82) is 0 Å². The average molecular weight is 596 g/mol. The smallest absolute Gasteiger partial charge is 0.244 e. The number of hydrogen-bond donors (Lipinski definition) is 1. The Balaban J connectivity index is 1.51. The third-order valence-corrected chi connectivity index (χ3v) is 8.74. The van der Waals surface area contributed by atoms with Crippen molar-refractivity contribution in [3.8, 4) is 11.5 Å². The molecule has 0 aromatic heterocycles. The summed E-state index contributed by atoms with van der Waals surface area (Å²) in [6.07, 6.45) is 4.87. The van der Waals surface area contributed by atoms with E-state index in [1.54, 1.807) is 24.3 Å². The number of nitrogens with zero attached hydrogens (tertiary/aromatic N) is 2. The van der Waals surface area contributed by atoms with Crippen molar-refractivity contribution < 1.29 is 31.9 Å². The number of fused-ring (bicyclic) bond motifs is 1.